The zero-order chi connectivity index (χ0) is 16.2. The second kappa shape index (κ2) is 5.19. The first-order chi connectivity index (χ1) is 11.0. The second-order valence-electron chi connectivity index (χ2n) is 8.03. The number of rotatable bonds is 1. The summed E-state index contributed by atoms with van der Waals surface area (Å²) in [4.78, 5) is 0. The molecule has 0 amide bonds. The van der Waals surface area contributed by atoms with Gasteiger partial charge in [-0.15, -0.1) is 0 Å². The molecule has 0 N–H and O–H groups in total. The van der Waals surface area contributed by atoms with Gasteiger partial charge in [-0.1, -0.05) is 6.92 Å². The molecule has 0 spiro atoms. The minimum atomic E-state index is 0.444. The van der Waals surface area contributed by atoms with Crippen LogP contribution in [0.3, 0.4) is 0 Å². The van der Waals surface area contributed by atoms with Crippen molar-refractivity contribution in [2.75, 3.05) is 0 Å². The maximum absolute atomic E-state index is 2.52. The van der Waals surface area contributed by atoms with Crippen LogP contribution in [0.25, 0.3) is 11.3 Å². The fourth-order valence-corrected chi connectivity index (χ4v) is 5.07. The molecule has 0 fully saturated rings. The Bertz CT molecular complexity index is 783. The largest absolute Gasteiger partial charge is 0.212 e. The van der Waals surface area contributed by atoms with Crippen molar-refractivity contribution in [2.24, 2.45) is 7.05 Å². The van der Waals surface area contributed by atoms with Crippen LogP contribution in [0.15, 0.2) is 24.4 Å². The third-order valence-electron chi connectivity index (χ3n) is 6.31. The van der Waals surface area contributed by atoms with Crippen LogP contribution in [0.4, 0.5) is 0 Å². The van der Waals surface area contributed by atoms with E-state index >= 15 is 0 Å². The zero-order valence-electron chi connectivity index (χ0n) is 15.0. The van der Waals surface area contributed by atoms with E-state index in [1.807, 2.05) is 0 Å². The summed E-state index contributed by atoms with van der Waals surface area (Å²) < 4.78 is 2.28. The number of aromatic nitrogens is 1. The molecule has 4 rings (SSSR count). The number of hydrogen-bond donors (Lipinski definition) is 0. The van der Waals surface area contributed by atoms with E-state index in [9.17, 15) is 0 Å². The van der Waals surface area contributed by atoms with Gasteiger partial charge in [0.05, 0.1) is 0 Å². The lowest BCUT2D eigenvalue weighted by Gasteiger charge is -2.42. The molecule has 0 radical (unpaired) electrons. The molecule has 2 aliphatic rings. The quantitative estimate of drug-likeness (QED) is 0.671. The van der Waals surface area contributed by atoms with Crippen LogP contribution in [0.1, 0.15) is 60.4 Å². The Morgan fingerprint density at radius 3 is 2.57 bits per heavy atom. The van der Waals surface area contributed by atoms with Crippen molar-refractivity contribution < 1.29 is 4.57 Å². The van der Waals surface area contributed by atoms with Gasteiger partial charge in [0.25, 0.3) is 0 Å². The van der Waals surface area contributed by atoms with Gasteiger partial charge >= 0.3 is 0 Å². The first-order valence-electron chi connectivity index (χ1n) is 9.12. The molecule has 1 aromatic heterocycles. The predicted octanol–water partition coefficient (Wildman–Crippen LogP) is 4.73. The number of benzene rings is 1. The highest BCUT2D eigenvalue weighted by Gasteiger charge is 2.38. The highest BCUT2D eigenvalue weighted by molar-refractivity contribution is 5.68. The first-order valence-corrected chi connectivity index (χ1v) is 9.12. The lowest BCUT2D eigenvalue weighted by molar-refractivity contribution is -0.660. The van der Waals surface area contributed by atoms with Gasteiger partial charge in [-0.3, -0.25) is 0 Å². The lowest BCUT2D eigenvalue weighted by atomic mass is 9.62. The van der Waals surface area contributed by atoms with Crippen LogP contribution in [-0.2, 0) is 25.3 Å². The van der Waals surface area contributed by atoms with E-state index in [1.165, 1.54) is 60.9 Å². The van der Waals surface area contributed by atoms with E-state index in [4.69, 9.17) is 0 Å². The maximum Gasteiger partial charge on any atom is 0.212 e. The van der Waals surface area contributed by atoms with E-state index in [-0.39, 0.29) is 0 Å². The molecule has 0 saturated heterocycles. The second-order valence-corrected chi connectivity index (χ2v) is 8.03. The molecular weight excluding hydrogens is 278 g/mol. The third kappa shape index (κ3) is 2.24. The van der Waals surface area contributed by atoms with Gasteiger partial charge in [-0.05, 0) is 91.7 Å². The summed E-state index contributed by atoms with van der Waals surface area (Å²) in [5.74, 6) is 0. The Kier molecular flexibility index (Phi) is 3.37. The van der Waals surface area contributed by atoms with Gasteiger partial charge in [-0.2, -0.15) is 0 Å². The molecule has 1 heterocycles. The number of nitrogens with zero attached hydrogens (tertiary/aromatic N) is 1. The van der Waals surface area contributed by atoms with Gasteiger partial charge in [0, 0.05) is 17.7 Å². The van der Waals surface area contributed by atoms with E-state index in [0.29, 0.717) is 5.41 Å². The van der Waals surface area contributed by atoms with Crippen molar-refractivity contribution in [2.45, 2.75) is 64.7 Å². The molecule has 2 aliphatic carbocycles. The van der Waals surface area contributed by atoms with Crippen molar-refractivity contribution in [3.63, 3.8) is 0 Å². The first kappa shape index (κ1) is 14.9. The molecule has 23 heavy (non-hydrogen) atoms. The molecule has 120 valence electrons. The number of pyridine rings is 1. The Morgan fingerprint density at radius 1 is 1.04 bits per heavy atom. The zero-order valence-corrected chi connectivity index (χ0v) is 15.0. The monoisotopic (exact) mass is 306 g/mol. The Labute approximate surface area is 140 Å². The summed E-state index contributed by atoms with van der Waals surface area (Å²) in [6.45, 7) is 7.06. The molecule has 1 aromatic carbocycles. The maximum atomic E-state index is 2.52. The summed E-state index contributed by atoms with van der Waals surface area (Å²) in [5.41, 5.74) is 11.2. The van der Waals surface area contributed by atoms with Crippen molar-refractivity contribution >= 4 is 0 Å². The van der Waals surface area contributed by atoms with Gasteiger partial charge in [0.1, 0.15) is 7.05 Å². The third-order valence-corrected chi connectivity index (χ3v) is 6.31. The van der Waals surface area contributed by atoms with E-state index < -0.39 is 0 Å². The van der Waals surface area contributed by atoms with E-state index in [0.717, 1.165) is 0 Å². The van der Waals surface area contributed by atoms with Crippen molar-refractivity contribution in [3.8, 4) is 11.3 Å². The molecular formula is C22H28N+. The van der Waals surface area contributed by atoms with Crippen LogP contribution in [0, 0.1) is 13.8 Å². The van der Waals surface area contributed by atoms with Gasteiger partial charge < -0.3 is 0 Å². The molecule has 1 heteroatoms. The fraction of sp³-hybridized carbons (Fsp3) is 0.500. The SMILES string of the molecule is Cc1cc[n+](C)c(-c2cc3c4c(c2C)CCCC4(C)CCC3)c1. The molecule has 1 unspecified atom stereocenters. The summed E-state index contributed by atoms with van der Waals surface area (Å²) in [6, 6.07) is 7.05. The molecule has 0 bridgehead atoms. The summed E-state index contributed by atoms with van der Waals surface area (Å²) >= 11 is 0. The van der Waals surface area contributed by atoms with E-state index in [2.05, 4.69) is 56.8 Å². The van der Waals surface area contributed by atoms with Gasteiger partial charge in [0.15, 0.2) is 6.20 Å². The van der Waals surface area contributed by atoms with Crippen LogP contribution >= 0.6 is 0 Å². The Morgan fingerprint density at radius 2 is 1.78 bits per heavy atom. The van der Waals surface area contributed by atoms with Crippen molar-refractivity contribution in [3.05, 3.63) is 52.2 Å². The minimum absolute atomic E-state index is 0.444. The van der Waals surface area contributed by atoms with Crippen LogP contribution < -0.4 is 4.57 Å². The van der Waals surface area contributed by atoms with Crippen molar-refractivity contribution in [1.82, 2.24) is 0 Å². The Hall–Kier alpha value is -1.63. The van der Waals surface area contributed by atoms with E-state index in [1.54, 1.807) is 16.7 Å². The van der Waals surface area contributed by atoms with Crippen LogP contribution in [0.2, 0.25) is 0 Å². The van der Waals surface area contributed by atoms with Gasteiger partial charge in [0.2, 0.25) is 5.69 Å². The topological polar surface area (TPSA) is 3.88 Å². The minimum Gasteiger partial charge on any atom is -0.201 e. The molecule has 1 atom stereocenters. The summed E-state index contributed by atoms with van der Waals surface area (Å²) in [5, 5.41) is 0. The predicted molar refractivity (Wildman–Crippen MR) is 95.8 cm³/mol. The standard InChI is InChI=1S/C22H28N/c1-15-9-12-23(4)20(13-15)19-14-17-7-5-10-22(3)11-6-8-18(16(19)2)21(17)22/h9,12-14H,5-8,10-11H2,1-4H3/q+1. The number of hydrogen-bond acceptors (Lipinski definition) is 0. The highest BCUT2D eigenvalue weighted by Crippen LogP contribution is 2.48. The number of aryl methyl sites for hydroxylation is 3. The average Bonchev–Trinajstić information content (AvgIpc) is 2.52. The van der Waals surface area contributed by atoms with Gasteiger partial charge in [-0.25, -0.2) is 4.57 Å². The van der Waals surface area contributed by atoms with Crippen molar-refractivity contribution in [1.29, 1.82) is 0 Å². The normalized spacial score (nSPS) is 22.8. The highest BCUT2D eigenvalue weighted by atomic mass is 14.9. The summed E-state index contributed by atoms with van der Waals surface area (Å²) in [7, 11) is 2.17. The fourth-order valence-electron chi connectivity index (χ4n) is 5.07. The molecule has 0 saturated carbocycles. The average molecular weight is 306 g/mol. The van der Waals surface area contributed by atoms with Crippen LogP contribution in [-0.4, -0.2) is 0 Å². The lowest BCUT2D eigenvalue weighted by Crippen LogP contribution is -2.34. The summed E-state index contributed by atoms with van der Waals surface area (Å²) in [6.07, 6.45) is 10.2. The molecule has 1 nitrogen and oxygen atoms in total. The molecule has 2 aromatic rings. The smallest absolute Gasteiger partial charge is 0.201 e. The Balaban J connectivity index is 1.99. The van der Waals surface area contributed by atoms with Crippen LogP contribution in [0.5, 0.6) is 0 Å². The molecule has 0 aliphatic heterocycles.